The van der Waals surface area contributed by atoms with Gasteiger partial charge in [0.2, 0.25) is 0 Å². The summed E-state index contributed by atoms with van der Waals surface area (Å²) in [5.41, 5.74) is 5.55. The number of esters is 1. The molecule has 15 heavy (non-hydrogen) atoms. The van der Waals surface area contributed by atoms with Crippen molar-refractivity contribution in [2.45, 2.75) is 25.4 Å². The Morgan fingerprint density at radius 2 is 2.47 bits per heavy atom. The quantitative estimate of drug-likeness (QED) is 0.648. The summed E-state index contributed by atoms with van der Waals surface area (Å²) in [4.78, 5) is 13.5. The summed E-state index contributed by atoms with van der Waals surface area (Å²) < 4.78 is 10.4. The molecule has 0 aromatic rings. The topological polar surface area (TPSA) is 64.8 Å². The Kier molecular flexibility index (Phi) is 5.01. The molecule has 0 saturated carbocycles. The second-order valence-corrected chi connectivity index (χ2v) is 3.85. The molecule has 0 spiro atoms. The van der Waals surface area contributed by atoms with Gasteiger partial charge in [-0.2, -0.15) is 0 Å². The third-order valence-corrected chi connectivity index (χ3v) is 2.68. The van der Waals surface area contributed by atoms with Gasteiger partial charge < -0.3 is 15.2 Å². The predicted molar refractivity (Wildman–Crippen MR) is 56.5 cm³/mol. The van der Waals surface area contributed by atoms with E-state index in [2.05, 4.69) is 4.90 Å². The molecule has 1 saturated heterocycles. The van der Waals surface area contributed by atoms with Crippen LogP contribution < -0.4 is 5.73 Å². The number of rotatable bonds is 4. The van der Waals surface area contributed by atoms with E-state index in [0.29, 0.717) is 19.6 Å². The van der Waals surface area contributed by atoms with Gasteiger partial charge in [-0.25, -0.2) is 0 Å². The zero-order chi connectivity index (χ0) is 11.3. The van der Waals surface area contributed by atoms with Crippen molar-refractivity contribution >= 4 is 5.97 Å². The standard InChI is InChI=1S/C10H20N2O3/c1-3-9(11)10(13)15-7-8-6-14-5-4-12(8)2/h8-9H,3-7,11H2,1-2H3/t8?,9-/m0/s1. The highest BCUT2D eigenvalue weighted by atomic mass is 16.5. The summed E-state index contributed by atoms with van der Waals surface area (Å²) in [5, 5.41) is 0. The van der Waals surface area contributed by atoms with Gasteiger partial charge >= 0.3 is 5.97 Å². The van der Waals surface area contributed by atoms with Crippen molar-refractivity contribution < 1.29 is 14.3 Å². The van der Waals surface area contributed by atoms with Crippen LogP contribution in [0, 0.1) is 0 Å². The fraction of sp³-hybridized carbons (Fsp3) is 0.900. The molecule has 0 amide bonds. The van der Waals surface area contributed by atoms with Gasteiger partial charge in [-0.1, -0.05) is 6.92 Å². The molecule has 1 rings (SSSR count). The van der Waals surface area contributed by atoms with Crippen molar-refractivity contribution in [1.29, 1.82) is 0 Å². The number of nitrogens with zero attached hydrogens (tertiary/aromatic N) is 1. The minimum Gasteiger partial charge on any atom is -0.463 e. The van der Waals surface area contributed by atoms with Crippen molar-refractivity contribution in [2.24, 2.45) is 5.73 Å². The molecule has 0 aromatic carbocycles. The van der Waals surface area contributed by atoms with Crippen LogP contribution in [0.4, 0.5) is 0 Å². The Morgan fingerprint density at radius 3 is 3.07 bits per heavy atom. The van der Waals surface area contributed by atoms with Crippen LogP contribution in [0.3, 0.4) is 0 Å². The van der Waals surface area contributed by atoms with Gasteiger partial charge in [0.1, 0.15) is 12.6 Å². The van der Waals surface area contributed by atoms with E-state index in [-0.39, 0.29) is 12.0 Å². The SMILES string of the molecule is CC[C@H](N)C(=O)OCC1COCCN1C. The minimum absolute atomic E-state index is 0.159. The van der Waals surface area contributed by atoms with E-state index in [1.807, 2.05) is 14.0 Å². The summed E-state index contributed by atoms with van der Waals surface area (Å²) in [5.74, 6) is -0.323. The number of hydrogen-bond acceptors (Lipinski definition) is 5. The zero-order valence-corrected chi connectivity index (χ0v) is 9.44. The van der Waals surface area contributed by atoms with Gasteiger partial charge in [-0.3, -0.25) is 9.69 Å². The molecule has 5 heteroatoms. The first-order chi connectivity index (χ1) is 7.15. The normalized spacial score (nSPS) is 24.9. The zero-order valence-electron chi connectivity index (χ0n) is 9.44. The molecule has 88 valence electrons. The van der Waals surface area contributed by atoms with E-state index in [0.717, 1.165) is 13.2 Å². The first-order valence-electron chi connectivity index (χ1n) is 5.35. The average molecular weight is 216 g/mol. The van der Waals surface area contributed by atoms with E-state index < -0.39 is 6.04 Å². The molecule has 0 aliphatic carbocycles. The van der Waals surface area contributed by atoms with Crippen molar-refractivity contribution in [1.82, 2.24) is 4.90 Å². The molecule has 1 fully saturated rings. The van der Waals surface area contributed by atoms with Crippen LogP contribution >= 0.6 is 0 Å². The second kappa shape index (κ2) is 6.05. The first-order valence-corrected chi connectivity index (χ1v) is 5.35. The molecule has 0 bridgehead atoms. The average Bonchev–Trinajstić information content (AvgIpc) is 2.26. The Morgan fingerprint density at radius 1 is 1.73 bits per heavy atom. The lowest BCUT2D eigenvalue weighted by Crippen LogP contribution is -2.46. The van der Waals surface area contributed by atoms with Gasteiger partial charge in [0.05, 0.1) is 19.3 Å². The van der Waals surface area contributed by atoms with Crippen LogP contribution in [0.2, 0.25) is 0 Å². The number of carbonyl (C=O) groups is 1. The van der Waals surface area contributed by atoms with Crippen molar-refractivity contribution in [3.8, 4) is 0 Å². The minimum atomic E-state index is -0.500. The van der Waals surface area contributed by atoms with Gasteiger partial charge in [0.25, 0.3) is 0 Å². The molecule has 1 aliphatic heterocycles. The van der Waals surface area contributed by atoms with Crippen LogP contribution in [0.5, 0.6) is 0 Å². The Labute approximate surface area is 90.5 Å². The summed E-state index contributed by atoms with van der Waals surface area (Å²) in [6.45, 7) is 4.47. The summed E-state index contributed by atoms with van der Waals surface area (Å²) in [6, 6.07) is -0.341. The van der Waals surface area contributed by atoms with Gasteiger partial charge in [-0.15, -0.1) is 0 Å². The van der Waals surface area contributed by atoms with Crippen LogP contribution in [0.1, 0.15) is 13.3 Å². The molecule has 2 N–H and O–H groups in total. The van der Waals surface area contributed by atoms with Gasteiger partial charge in [0, 0.05) is 6.54 Å². The van der Waals surface area contributed by atoms with Crippen molar-refractivity contribution in [3.05, 3.63) is 0 Å². The number of carbonyl (C=O) groups excluding carboxylic acids is 1. The molecule has 2 atom stereocenters. The Balaban J connectivity index is 2.26. The van der Waals surface area contributed by atoms with Gasteiger partial charge in [0.15, 0.2) is 0 Å². The molecular weight excluding hydrogens is 196 g/mol. The Bertz CT molecular complexity index is 211. The van der Waals surface area contributed by atoms with E-state index >= 15 is 0 Å². The lowest BCUT2D eigenvalue weighted by Gasteiger charge is -2.31. The molecular formula is C10H20N2O3. The lowest BCUT2D eigenvalue weighted by atomic mass is 10.2. The fourth-order valence-corrected chi connectivity index (χ4v) is 1.37. The predicted octanol–water partition coefficient (Wildman–Crippen LogP) is -0.402. The molecule has 5 nitrogen and oxygen atoms in total. The van der Waals surface area contributed by atoms with E-state index in [9.17, 15) is 4.79 Å². The van der Waals surface area contributed by atoms with Crippen LogP contribution in [-0.4, -0.2) is 56.4 Å². The smallest absolute Gasteiger partial charge is 0.322 e. The summed E-state index contributed by atoms with van der Waals surface area (Å²) in [6.07, 6.45) is 0.607. The highest BCUT2D eigenvalue weighted by molar-refractivity contribution is 5.75. The maximum absolute atomic E-state index is 11.3. The maximum atomic E-state index is 11.3. The monoisotopic (exact) mass is 216 g/mol. The second-order valence-electron chi connectivity index (χ2n) is 3.85. The number of likely N-dealkylation sites (N-methyl/N-ethyl adjacent to an activating group) is 1. The molecule has 1 unspecified atom stereocenters. The lowest BCUT2D eigenvalue weighted by molar-refractivity contribution is -0.148. The summed E-state index contributed by atoms with van der Waals surface area (Å²) >= 11 is 0. The van der Waals surface area contributed by atoms with E-state index in [1.165, 1.54) is 0 Å². The molecule has 0 aromatic heterocycles. The number of ether oxygens (including phenoxy) is 2. The molecule has 0 radical (unpaired) electrons. The van der Waals surface area contributed by atoms with E-state index in [4.69, 9.17) is 15.2 Å². The summed E-state index contributed by atoms with van der Waals surface area (Å²) in [7, 11) is 2.00. The van der Waals surface area contributed by atoms with E-state index in [1.54, 1.807) is 0 Å². The third-order valence-electron chi connectivity index (χ3n) is 2.68. The van der Waals surface area contributed by atoms with Crippen LogP contribution in [-0.2, 0) is 14.3 Å². The highest BCUT2D eigenvalue weighted by Crippen LogP contribution is 2.05. The van der Waals surface area contributed by atoms with Crippen molar-refractivity contribution in [2.75, 3.05) is 33.4 Å². The van der Waals surface area contributed by atoms with Crippen LogP contribution in [0.25, 0.3) is 0 Å². The first kappa shape index (κ1) is 12.4. The number of morpholine rings is 1. The highest BCUT2D eigenvalue weighted by Gasteiger charge is 2.22. The molecule has 1 heterocycles. The molecule has 1 aliphatic rings. The van der Waals surface area contributed by atoms with Crippen molar-refractivity contribution in [3.63, 3.8) is 0 Å². The number of hydrogen-bond donors (Lipinski definition) is 1. The van der Waals surface area contributed by atoms with Crippen LogP contribution in [0.15, 0.2) is 0 Å². The number of nitrogens with two attached hydrogens (primary N) is 1. The Hall–Kier alpha value is -0.650. The fourth-order valence-electron chi connectivity index (χ4n) is 1.37. The maximum Gasteiger partial charge on any atom is 0.322 e. The van der Waals surface area contributed by atoms with Gasteiger partial charge in [-0.05, 0) is 13.5 Å². The third kappa shape index (κ3) is 3.77. The largest absolute Gasteiger partial charge is 0.463 e.